The molecule has 106 valence electrons. The minimum Gasteiger partial charge on any atom is -0.399 e. The number of hydrogen-bond donors (Lipinski definition) is 3. The van der Waals surface area contributed by atoms with Gasteiger partial charge in [-0.25, -0.2) is 0 Å². The average Bonchev–Trinajstić information content (AvgIpc) is 2.47. The molecule has 0 unspecified atom stereocenters. The third-order valence-electron chi connectivity index (χ3n) is 3.81. The van der Waals surface area contributed by atoms with Crippen molar-refractivity contribution in [1.82, 2.24) is 0 Å². The first-order chi connectivity index (χ1) is 9.56. The second-order valence-corrected chi connectivity index (χ2v) is 5.10. The maximum atomic E-state index is 6.38. The Morgan fingerprint density at radius 3 is 1.55 bits per heavy atom. The molecule has 0 aliphatic carbocycles. The van der Waals surface area contributed by atoms with Crippen LogP contribution in [0.4, 0.5) is 11.4 Å². The zero-order valence-corrected chi connectivity index (χ0v) is 12.2. The molecule has 2 rings (SSSR count). The summed E-state index contributed by atoms with van der Waals surface area (Å²) in [5.41, 5.74) is 24.4. The van der Waals surface area contributed by atoms with E-state index in [0.717, 1.165) is 46.5 Å². The van der Waals surface area contributed by atoms with Crippen LogP contribution in [0.3, 0.4) is 0 Å². The van der Waals surface area contributed by atoms with Crippen LogP contribution in [-0.4, -0.2) is 0 Å². The maximum absolute atomic E-state index is 6.38. The van der Waals surface area contributed by atoms with E-state index in [9.17, 15) is 0 Å². The van der Waals surface area contributed by atoms with Crippen LogP contribution in [0.1, 0.15) is 42.1 Å². The summed E-state index contributed by atoms with van der Waals surface area (Å²) in [4.78, 5) is 0. The van der Waals surface area contributed by atoms with Gasteiger partial charge in [-0.05, 0) is 47.2 Å². The van der Waals surface area contributed by atoms with Crippen LogP contribution < -0.4 is 17.2 Å². The molecule has 0 spiro atoms. The highest BCUT2D eigenvalue weighted by Crippen LogP contribution is 2.26. The van der Waals surface area contributed by atoms with Crippen molar-refractivity contribution in [2.75, 3.05) is 11.5 Å². The van der Waals surface area contributed by atoms with Gasteiger partial charge in [-0.15, -0.1) is 0 Å². The molecule has 20 heavy (non-hydrogen) atoms. The summed E-state index contributed by atoms with van der Waals surface area (Å²) < 4.78 is 0. The van der Waals surface area contributed by atoms with Gasteiger partial charge < -0.3 is 17.2 Å². The summed E-state index contributed by atoms with van der Waals surface area (Å²) in [5.74, 6) is 0. The average molecular weight is 269 g/mol. The van der Waals surface area contributed by atoms with E-state index in [1.165, 1.54) is 0 Å². The number of rotatable bonds is 4. The van der Waals surface area contributed by atoms with Gasteiger partial charge in [-0.3, -0.25) is 0 Å². The molecule has 0 amide bonds. The molecule has 3 nitrogen and oxygen atoms in total. The molecule has 2 aromatic carbocycles. The third-order valence-corrected chi connectivity index (χ3v) is 3.81. The normalized spacial score (nSPS) is 11.0. The van der Waals surface area contributed by atoms with E-state index in [0.29, 0.717) is 0 Å². The van der Waals surface area contributed by atoms with Crippen LogP contribution in [0.15, 0.2) is 36.4 Å². The Labute approximate surface area is 120 Å². The molecule has 3 heteroatoms. The van der Waals surface area contributed by atoms with Gasteiger partial charge in [0.15, 0.2) is 0 Å². The van der Waals surface area contributed by atoms with Gasteiger partial charge in [0.05, 0.1) is 6.04 Å². The smallest absolute Gasteiger partial charge is 0.0551 e. The number of nitrogens with two attached hydrogens (primary N) is 3. The van der Waals surface area contributed by atoms with Crippen molar-refractivity contribution >= 4 is 11.4 Å². The minimum absolute atomic E-state index is 0.146. The summed E-state index contributed by atoms with van der Waals surface area (Å²) in [5, 5.41) is 0. The number of nitrogen functional groups attached to an aromatic ring is 2. The predicted octanol–water partition coefficient (Wildman–Crippen LogP) is 3.02. The molecule has 0 saturated carbocycles. The van der Waals surface area contributed by atoms with Crippen molar-refractivity contribution in [2.45, 2.75) is 32.7 Å². The van der Waals surface area contributed by atoms with Crippen molar-refractivity contribution in [1.29, 1.82) is 0 Å². The van der Waals surface area contributed by atoms with Gasteiger partial charge in [-0.1, -0.05) is 38.1 Å². The minimum atomic E-state index is -0.146. The first-order valence-electron chi connectivity index (χ1n) is 7.09. The SMILES string of the molecule is CCc1cc(C(N)c2ccc(N)c(CC)c2)ccc1N. The topological polar surface area (TPSA) is 78.1 Å². The molecular formula is C17H23N3. The second kappa shape index (κ2) is 5.97. The van der Waals surface area contributed by atoms with Gasteiger partial charge in [-0.2, -0.15) is 0 Å². The van der Waals surface area contributed by atoms with E-state index < -0.39 is 0 Å². The van der Waals surface area contributed by atoms with Crippen LogP contribution in [0.2, 0.25) is 0 Å². The van der Waals surface area contributed by atoms with E-state index in [2.05, 4.69) is 26.0 Å². The van der Waals surface area contributed by atoms with Crippen LogP contribution in [0.25, 0.3) is 0 Å². The lowest BCUT2D eigenvalue weighted by atomic mass is 9.94. The molecule has 0 radical (unpaired) electrons. The van der Waals surface area contributed by atoms with Crippen LogP contribution in [-0.2, 0) is 12.8 Å². The highest BCUT2D eigenvalue weighted by Gasteiger charge is 2.11. The Kier molecular flexibility index (Phi) is 4.30. The van der Waals surface area contributed by atoms with Crippen LogP contribution in [0, 0.1) is 0 Å². The molecule has 0 aliphatic heterocycles. The second-order valence-electron chi connectivity index (χ2n) is 5.10. The quantitative estimate of drug-likeness (QED) is 0.746. The number of benzene rings is 2. The Morgan fingerprint density at radius 1 is 0.800 bits per heavy atom. The van der Waals surface area contributed by atoms with Gasteiger partial charge in [0.1, 0.15) is 0 Å². The largest absolute Gasteiger partial charge is 0.399 e. The van der Waals surface area contributed by atoms with E-state index in [4.69, 9.17) is 17.2 Å². The molecule has 0 aromatic heterocycles. The van der Waals surface area contributed by atoms with E-state index in [1.807, 2.05) is 24.3 Å². The Bertz CT molecular complexity index is 552. The lowest BCUT2D eigenvalue weighted by Gasteiger charge is -2.16. The highest BCUT2D eigenvalue weighted by molar-refractivity contribution is 5.53. The van der Waals surface area contributed by atoms with Crippen molar-refractivity contribution in [3.63, 3.8) is 0 Å². The molecule has 0 aliphatic rings. The van der Waals surface area contributed by atoms with Gasteiger partial charge in [0.2, 0.25) is 0 Å². The summed E-state index contributed by atoms with van der Waals surface area (Å²) in [6, 6.07) is 11.9. The zero-order valence-electron chi connectivity index (χ0n) is 12.2. The van der Waals surface area contributed by atoms with E-state index in [1.54, 1.807) is 0 Å². The van der Waals surface area contributed by atoms with Crippen molar-refractivity contribution in [3.05, 3.63) is 58.7 Å². The standard InChI is InChI=1S/C17H23N3/c1-3-11-9-13(5-7-15(11)18)17(20)14-6-8-16(19)12(4-2)10-14/h5-10,17H,3-4,18-20H2,1-2H3. The molecule has 2 aromatic rings. The van der Waals surface area contributed by atoms with Crippen LogP contribution in [0.5, 0.6) is 0 Å². The molecule has 6 N–H and O–H groups in total. The van der Waals surface area contributed by atoms with Crippen molar-refractivity contribution in [2.24, 2.45) is 5.73 Å². The maximum Gasteiger partial charge on any atom is 0.0551 e. The number of anilines is 2. The van der Waals surface area contributed by atoms with Gasteiger partial charge in [0.25, 0.3) is 0 Å². The van der Waals surface area contributed by atoms with E-state index >= 15 is 0 Å². The van der Waals surface area contributed by atoms with E-state index in [-0.39, 0.29) is 6.04 Å². The molecule has 0 saturated heterocycles. The lowest BCUT2D eigenvalue weighted by molar-refractivity contribution is 0.864. The van der Waals surface area contributed by atoms with Crippen LogP contribution >= 0.6 is 0 Å². The molecule has 0 bridgehead atoms. The molecule has 0 atom stereocenters. The highest BCUT2D eigenvalue weighted by atomic mass is 14.6. The van der Waals surface area contributed by atoms with Crippen molar-refractivity contribution < 1.29 is 0 Å². The molecule has 0 fully saturated rings. The number of hydrogen-bond acceptors (Lipinski definition) is 3. The Morgan fingerprint density at radius 2 is 1.20 bits per heavy atom. The summed E-state index contributed by atoms with van der Waals surface area (Å²) in [6.07, 6.45) is 1.82. The fraction of sp³-hybridized carbons (Fsp3) is 0.294. The van der Waals surface area contributed by atoms with Crippen molar-refractivity contribution in [3.8, 4) is 0 Å². The first kappa shape index (κ1) is 14.4. The Hall–Kier alpha value is -2.00. The summed E-state index contributed by atoms with van der Waals surface area (Å²) in [6.45, 7) is 4.19. The fourth-order valence-electron chi connectivity index (χ4n) is 2.44. The zero-order chi connectivity index (χ0) is 14.7. The lowest BCUT2D eigenvalue weighted by Crippen LogP contribution is -2.13. The third kappa shape index (κ3) is 2.78. The summed E-state index contributed by atoms with van der Waals surface area (Å²) >= 11 is 0. The predicted molar refractivity (Wildman–Crippen MR) is 86.5 cm³/mol. The fourth-order valence-corrected chi connectivity index (χ4v) is 2.44. The molecule has 0 heterocycles. The number of aryl methyl sites for hydroxylation is 2. The summed E-state index contributed by atoms with van der Waals surface area (Å²) in [7, 11) is 0. The molecular weight excluding hydrogens is 246 g/mol. The Balaban J connectivity index is 2.38. The van der Waals surface area contributed by atoms with Gasteiger partial charge >= 0.3 is 0 Å². The van der Waals surface area contributed by atoms with Gasteiger partial charge in [0, 0.05) is 11.4 Å². The first-order valence-corrected chi connectivity index (χ1v) is 7.09. The monoisotopic (exact) mass is 269 g/mol.